The Kier molecular flexibility index (Phi) is 3.56. The first-order valence-electron chi connectivity index (χ1n) is 7.79. The summed E-state index contributed by atoms with van der Waals surface area (Å²) in [4.78, 5) is 12.1. The van der Waals surface area contributed by atoms with Crippen LogP contribution in [0.2, 0.25) is 0 Å². The molecule has 5 nitrogen and oxygen atoms in total. The summed E-state index contributed by atoms with van der Waals surface area (Å²) in [6.45, 7) is 10.3. The Morgan fingerprint density at radius 2 is 2.04 bits per heavy atom. The fourth-order valence-electron chi connectivity index (χ4n) is 2.92. The second-order valence-corrected chi connectivity index (χ2v) is 6.94. The molecule has 1 aromatic heterocycles. The summed E-state index contributed by atoms with van der Waals surface area (Å²) < 4.78 is 5.76. The lowest BCUT2D eigenvalue weighted by Crippen LogP contribution is -2.25. The Morgan fingerprint density at radius 3 is 2.61 bits per heavy atom. The third-order valence-corrected chi connectivity index (χ3v) is 4.26. The highest BCUT2D eigenvalue weighted by molar-refractivity contribution is 5.97. The molecule has 0 spiro atoms. The molecule has 1 aromatic carbocycles. The van der Waals surface area contributed by atoms with Crippen molar-refractivity contribution < 1.29 is 9.84 Å². The Bertz CT molecular complexity index is 772. The Labute approximate surface area is 136 Å². The summed E-state index contributed by atoms with van der Waals surface area (Å²) in [6, 6.07) is 5.82. The number of aliphatic imine (C=N–C) groups is 1. The van der Waals surface area contributed by atoms with Crippen LogP contribution in [0.4, 0.5) is 0 Å². The Morgan fingerprint density at radius 1 is 1.30 bits per heavy atom. The highest BCUT2D eigenvalue weighted by Crippen LogP contribution is 2.33. The first-order valence-corrected chi connectivity index (χ1v) is 7.79. The molecule has 1 unspecified atom stereocenters. The molecule has 2 aromatic rings. The molecular formula is C18H23N3O2. The molecule has 2 heterocycles. The maximum absolute atomic E-state index is 11.1. The minimum atomic E-state index is -1.18. The number of imidazole rings is 1. The summed E-state index contributed by atoms with van der Waals surface area (Å²) in [5, 5.41) is 11.1. The number of nitrogens with one attached hydrogen (secondary N) is 1. The topological polar surface area (TPSA) is 70.5 Å². The predicted molar refractivity (Wildman–Crippen MR) is 89.7 cm³/mol. The molecule has 0 fully saturated rings. The minimum Gasteiger partial charge on any atom is -0.475 e. The van der Waals surface area contributed by atoms with E-state index in [1.807, 2.05) is 45.9 Å². The number of aromatic nitrogens is 2. The number of nitrogens with zero attached hydrogens (tertiary/aromatic N) is 2. The van der Waals surface area contributed by atoms with Crippen LogP contribution in [0.1, 0.15) is 49.0 Å². The van der Waals surface area contributed by atoms with E-state index in [1.165, 1.54) is 0 Å². The average Bonchev–Trinajstić information content (AvgIpc) is 3.05. The summed E-state index contributed by atoms with van der Waals surface area (Å²) in [5.41, 5.74) is 1.89. The van der Waals surface area contributed by atoms with Gasteiger partial charge in [0.1, 0.15) is 18.0 Å². The number of aromatic amines is 1. The van der Waals surface area contributed by atoms with Crippen molar-refractivity contribution in [1.82, 2.24) is 9.97 Å². The highest BCUT2D eigenvalue weighted by atomic mass is 16.5. The van der Waals surface area contributed by atoms with Gasteiger partial charge in [-0.05, 0) is 51.8 Å². The SMILES string of the molecule is Cc1nc(C(C)(O)c2cccc(C3=NC(C)(C)CO3)c2C)c[nH]1. The molecule has 1 atom stereocenters. The van der Waals surface area contributed by atoms with Gasteiger partial charge in [-0.1, -0.05) is 12.1 Å². The van der Waals surface area contributed by atoms with Crippen molar-refractivity contribution in [3.05, 3.63) is 52.6 Å². The number of benzene rings is 1. The normalized spacial score (nSPS) is 19.1. The van der Waals surface area contributed by atoms with Gasteiger partial charge in [0.25, 0.3) is 0 Å². The van der Waals surface area contributed by atoms with Gasteiger partial charge in [-0.15, -0.1) is 0 Å². The van der Waals surface area contributed by atoms with Crippen LogP contribution in [0.25, 0.3) is 0 Å². The summed E-state index contributed by atoms with van der Waals surface area (Å²) >= 11 is 0. The zero-order valence-electron chi connectivity index (χ0n) is 14.3. The van der Waals surface area contributed by atoms with E-state index in [4.69, 9.17) is 4.74 Å². The fourth-order valence-corrected chi connectivity index (χ4v) is 2.92. The van der Waals surface area contributed by atoms with Crippen molar-refractivity contribution in [2.75, 3.05) is 6.61 Å². The van der Waals surface area contributed by atoms with Crippen LogP contribution in [0.3, 0.4) is 0 Å². The Balaban J connectivity index is 2.07. The van der Waals surface area contributed by atoms with E-state index in [9.17, 15) is 5.11 Å². The molecule has 5 heteroatoms. The summed E-state index contributed by atoms with van der Waals surface area (Å²) in [5.74, 6) is 1.42. The minimum absolute atomic E-state index is 0.209. The third kappa shape index (κ3) is 2.77. The van der Waals surface area contributed by atoms with Crippen LogP contribution in [0.5, 0.6) is 0 Å². The number of aliphatic hydroxyl groups is 1. The van der Waals surface area contributed by atoms with E-state index in [1.54, 1.807) is 13.1 Å². The predicted octanol–water partition coefficient (Wildman–Crippen LogP) is 2.84. The van der Waals surface area contributed by atoms with Crippen LogP contribution in [0, 0.1) is 13.8 Å². The monoisotopic (exact) mass is 313 g/mol. The largest absolute Gasteiger partial charge is 0.475 e. The van der Waals surface area contributed by atoms with Crippen molar-refractivity contribution in [2.24, 2.45) is 4.99 Å². The van der Waals surface area contributed by atoms with Crippen molar-refractivity contribution >= 4 is 5.90 Å². The van der Waals surface area contributed by atoms with Gasteiger partial charge in [0.05, 0.1) is 11.2 Å². The van der Waals surface area contributed by atoms with Crippen LogP contribution < -0.4 is 0 Å². The molecule has 0 bridgehead atoms. The zero-order valence-corrected chi connectivity index (χ0v) is 14.3. The highest BCUT2D eigenvalue weighted by Gasteiger charge is 2.33. The van der Waals surface area contributed by atoms with E-state index < -0.39 is 5.60 Å². The van der Waals surface area contributed by atoms with Crippen molar-refractivity contribution in [1.29, 1.82) is 0 Å². The number of aryl methyl sites for hydroxylation is 1. The fraction of sp³-hybridized carbons (Fsp3) is 0.444. The molecule has 1 aliphatic rings. The molecule has 23 heavy (non-hydrogen) atoms. The summed E-state index contributed by atoms with van der Waals surface area (Å²) in [6.07, 6.45) is 1.74. The number of hydrogen-bond donors (Lipinski definition) is 2. The van der Waals surface area contributed by atoms with Gasteiger partial charge in [0, 0.05) is 11.8 Å². The van der Waals surface area contributed by atoms with Gasteiger partial charge in [-0.25, -0.2) is 9.98 Å². The second kappa shape index (κ2) is 5.20. The lowest BCUT2D eigenvalue weighted by Gasteiger charge is -2.25. The van der Waals surface area contributed by atoms with Gasteiger partial charge in [-0.2, -0.15) is 0 Å². The molecule has 1 aliphatic heterocycles. The smallest absolute Gasteiger partial charge is 0.217 e. The lowest BCUT2D eigenvalue weighted by molar-refractivity contribution is 0.0970. The lowest BCUT2D eigenvalue weighted by atomic mass is 9.87. The van der Waals surface area contributed by atoms with Crippen LogP contribution >= 0.6 is 0 Å². The number of hydrogen-bond acceptors (Lipinski definition) is 4. The molecule has 3 rings (SSSR count). The van der Waals surface area contributed by atoms with Crippen LogP contribution in [-0.4, -0.2) is 33.1 Å². The van der Waals surface area contributed by atoms with Gasteiger partial charge in [-0.3, -0.25) is 0 Å². The van der Waals surface area contributed by atoms with Gasteiger partial charge in [0.2, 0.25) is 5.90 Å². The molecule has 0 amide bonds. The zero-order chi connectivity index (χ0) is 16.8. The molecule has 0 saturated heterocycles. The van der Waals surface area contributed by atoms with Gasteiger partial charge >= 0.3 is 0 Å². The van der Waals surface area contributed by atoms with Crippen molar-refractivity contribution in [2.45, 2.75) is 45.8 Å². The molecule has 0 aliphatic carbocycles. The van der Waals surface area contributed by atoms with E-state index in [0.29, 0.717) is 18.2 Å². The maximum atomic E-state index is 11.1. The quantitative estimate of drug-likeness (QED) is 0.915. The van der Waals surface area contributed by atoms with E-state index in [0.717, 1.165) is 22.5 Å². The number of ether oxygens (including phenoxy) is 1. The van der Waals surface area contributed by atoms with Gasteiger partial charge < -0.3 is 14.8 Å². The van der Waals surface area contributed by atoms with Crippen LogP contribution in [0.15, 0.2) is 29.4 Å². The maximum Gasteiger partial charge on any atom is 0.217 e. The molecule has 2 N–H and O–H groups in total. The second-order valence-electron chi connectivity index (χ2n) is 6.94. The molecule has 0 radical (unpaired) electrons. The summed E-state index contributed by atoms with van der Waals surface area (Å²) in [7, 11) is 0. The number of H-pyrrole nitrogens is 1. The first-order chi connectivity index (χ1) is 10.7. The number of rotatable bonds is 3. The van der Waals surface area contributed by atoms with E-state index >= 15 is 0 Å². The molecule has 0 saturated carbocycles. The van der Waals surface area contributed by atoms with Crippen molar-refractivity contribution in [3.63, 3.8) is 0 Å². The van der Waals surface area contributed by atoms with Gasteiger partial charge in [0.15, 0.2) is 0 Å². The third-order valence-electron chi connectivity index (χ3n) is 4.26. The van der Waals surface area contributed by atoms with Crippen LogP contribution in [-0.2, 0) is 10.3 Å². The van der Waals surface area contributed by atoms with E-state index in [-0.39, 0.29) is 5.54 Å². The molecule has 122 valence electrons. The van der Waals surface area contributed by atoms with E-state index in [2.05, 4.69) is 15.0 Å². The average molecular weight is 313 g/mol. The van der Waals surface area contributed by atoms with Crippen molar-refractivity contribution in [3.8, 4) is 0 Å². The Hall–Kier alpha value is -2.14. The first kappa shape index (κ1) is 15.7. The standard InChI is InChI=1S/C18H23N3O2/c1-11-13(16-21-17(3,4)10-23-16)7-6-8-14(11)18(5,22)15-9-19-12(2)20-15/h6-9,22H,10H2,1-5H3,(H,19,20). The molecular weight excluding hydrogens is 290 g/mol.